The van der Waals surface area contributed by atoms with Crippen molar-refractivity contribution in [1.82, 2.24) is 0 Å². The van der Waals surface area contributed by atoms with E-state index in [1.54, 1.807) is 6.92 Å². The number of hydrogen-bond donors (Lipinski definition) is 0. The minimum atomic E-state index is -2.98. The van der Waals surface area contributed by atoms with Crippen LogP contribution in [-0.2, 0) is 14.9 Å². The van der Waals surface area contributed by atoms with Crippen LogP contribution in [0.1, 0.15) is 89.2 Å². The van der Waals surface area contributed by atoms with Gasteiger partial charge in [0.15, 0.2) is 6.29 Å². The van der Waals surface area contributed by atoms with Crippen molar-refractivity contribution in [3.8, 4) is 0 Å². The maximum Gasteiger partial charge on any atom is 0.157 e. The van der Waals surface area contributed by atoms with Gasteiger partial charge < -0.3 is 19.0 Å². The lowest BCUT2D eigenvalue weighted by molar-refractivity contribution is -0.332. The van der Waals surface area contributed by atoms with Crippen molar-refractivity contribution in [3.63, 3.8) is 0 Å². The monoisotopic (exact) mass is 444 g/mol. The van der Waals surface area contributed by atoms with Crippen LogP contribution in [0.2, 0.25) is 0 Å². The molecule has 0 aromatic heterocycles. The smallest absolute Gasteiger partial charge is 0.157 e. The van der Waals surface area contributed by atoms with Crippen LogP contribution in [0.25, 0.3) is 0 Å². The van der Waals surface area contributed by atoms with Crippen LogP contribution in [0.3, 0.4) is 0 Å². The first-order valence-corrected chi connectivity index (χ1v) is 12.8. The summed E-state index contributed by atoms with van der Waals surface area (Å²) in [6, 6.07) is 20.1. The zero-order chi connectivity index (χ0) is 22.4. The Hall–Kier alpha value is -1.29. The molecule has 1 atom stereocenters. The largest absolute Gasteiger partial charge is 0.820 e. The summed E-state index contributed by atoms with van der Waals surface area (Å²) in [5, 5.41) is 0. The molecule has 4 nitrogen and oxygen atoms in total. The molecule has 2 rings (SSSR count). The lowest BCUT2D eigenvalue weighted by Gasteiger charge is -2.40. The molecule has 31 heavy (non-hydrogen) atoms. The Balaban J connectivity index is 2.11. The molecule has 1 unspecified atom stereocenters. The molecule has 0 spiro atoms. The van der Waals surface area contributed by atoms with Crippen molar-refractivity contribution in [2.45, 2.75) is 89.9 Å². The van der Waals surface area contributed by atoms with E-state index in [1.807, 2.05) is 60.7 Å². The summed E-state index contributed by atoms with van der Waals surface area (Å²) in [5.41, 5.74) is 1.27. The van der Waals surface area contributed by atoms with Crippen molar-refractivity contribution in [1.29, 1.82) is 0 Å². The zero-order valence-corrected chi connectivity index (χ0v) is 19.9. The van der Waals surface area contributed by atoms with E-state index in [2.05, 4.69) is 6.92 Å². The molecule has 0 saturated carbocycles. The maximum absolute atomic E-state index is 11.1. The van der Waals surface area contributed by atoms with Crippen LogP contribution >= 0.6 is 8.60 Å². The molecule has 0 saturated heterocycles. The van der Waals surface area contributed by atoms with E-state index >= 15 is 0 Å². The molecule has 0 heterocycles. The van der Waals surface area contributed by atoms with E-state index in [0.717, 1.165) is 30.4 Å². The normalized spacial score (nSPS) is 12.9. The molecule has 0 aliphatic rings. The Labute approximate surface area is 189 Å². The average molecular weight is 445 g/mol. The van der Waals surface area contributed by atoms with Gasteiger partial charge in [-0.2, -0.15) is 8.60 Å². The Morgan fingerprint density at radius 2 is 1.19 bits per heavy atom. The quantitative estimate of drug-likeness (QED) is 0.176. The summed E-state index contributed by atoms with van der Waals surface area (Å²) >= 11 is 0. The van der Waals surface area contributed by atoms with Gasteiger partial charge >= 0.3 is 0 Å². The Bertz CT molecular complexity index is 654. The maximum atomic E-state index is 11.1. The molecule has 0 N–H and O–H groups in total. The van der Waals surface area contributed by atoms with Gasteiger partial charge in [-0.1, -0.05) is 119 Å². The van der Waals surface area contributed by atoms with E-state index in [9.17, 15) is 9.79 Å². The first-order valence-electron chi connectivity index (χ1n) is 11.7. The number of rotatable bonds is 16. The van der Waals surface area contributed by atoms with Gasteiger partial charge in [-0.25, -0.2) is 0 Å². The highest BCUT2D eigenvalue weighted by Gasteiger charge is 2.36. The van der Waals surface area contributed by atoms with Gasteiger partial charge in [0.05, 0.1) is 0 Å². The molecule has 0 radical (unpaired) electrons. The van der Waals surface area contributed by atoms with Crippen LogP contribution in [0.4, 0.5) is 0 Å². The standard InChI is InChI=1S/C26H37O4P/c1-3-4-5-6-7-8-9-10-17-22-26(24-18-13-11-14-19-24,25-20-15-12-16-21-25)29-23(2)30-31(27)28/h11-16,18-21,23H,3-10,17,22H2,1-2H3/q-2. The van der Waals surface area contributed by atoms with Gasteiger partial charge in [-0.3, -0.25) is 0 Å². The van der Waals surface area contributed by atoms with Gasteiger partial charge in [0.25, 0.3) is 0 Å². The third kappa shape index (κ3) is 9.00. The fourth-order valence-corrected chi connectivity index (χ4v) is 4.46. The highest BCUT2D eigenvalue weighted by molar-refractivity contribution is 7.36. The minimum Gasteiger partial charge on any atom is -0.820 e. The molecular formula is C26H37O4P-2. The van der Waals surface area contributed by atoms with Crippen LogP contribution < -0.4 is 9.79 Å². The number of benzene rings is 2. The number of hydrogen-bond acceptors (Lipinski definition) is 4. The van der Waals surface area contributed by atoms with E-state index in [-0.39, 0.29) is 0 Å². The molecule has 172 valence electrons. The van der Waals surface area contributed by atoms with Gasteiger partial charge in [-0.15, -0.1) is 0 Å². The molecule has 0 bridgehead atoms. The highest BCUT2D eigenvalue weighted by atomic mass is 31.2. The fraction of sp³-hybridized carbons (Fsp3) is 0.538. The third-order valence-corrected chi connectivity index (χ3v) is 6.18. The summed E-state index contributed by atoms with van der Waals surface area (Å²) in [6.07, 6.45) is 11.1. The van der Waals surface area contributed by atoms with Gasteiger partial charge in [0.2, 0.25) is 0 Å². The van der Waals surface area contributed by atoms with Crippen LogP contribution in [0.15, 0.2) is 60.7 Å². The fourth-order valence-electron chi connectivity index (χ4n) is 4.18. The Morgan fingerprint density at radius 3 is 1.65 bits per heavy atom. The molecule has 0 amide bonds. The van der Waals surface area contributed by atoms with E-state index < -0.39 is 20.5 Å². The predicted molar refractivity (Wildman–Crippen MR) is 124 cm³/mol. The SMILES string of the molecule is CCCCCCCCCCCC(OC(C)OP([O-])[O-])(c1ccccc1)c1ccccc1. The van der Waals surface area contributed by atoms with Gasteiger partial charge in [-0.05, 0) is 30.9 Å². The molecule has 0 aliphatic carbocycles. The average Bonchev–Trinajstić information content (AvgIpc) is 2.78. The van der Waals surface area contributed by atoms with Crippen molar-refractivity contribution < 1.29 is 19.0 Å². The first kappa shape index (κ1) is 26.0. The van der Waals surface area contributed by atoms with Crippen molar-refractivity contribution >= 4 is 8.60 Å². The van der Waals surface area contributed by atoms with E-state index in [4.69, 9.17) is 9.26 Å². The van der Waals surface area contributed by atoms with Crippen LogP contribution in [0, 0.1) is 0 Å². The van der Waals surface area contributed by atoms with Crippen LogP contribution in [0.5, 0.6) is 0 Å². The molecule has 0 aliphatic heterocycles. The summed E-state index contributed by atoms with van der Waals surface area (Å²) in [7, 11) is -2.98. The third-order valence-electron chi connectivity index (χ3n) is 5.71. The van der Waals surface area contributed by atoms with Crippen molar-refractivity contribution in [2.24, 2.45) is 0 Å². The Kier molecular flexibility index (Phi) is 12.3. The summed E-state index contributed by atoms with van der Waals surface area (Å²) in [6.45, 7) is 3.89. The highest BCUT2D eigenvalue weighted by Crippen LogP contribution is 2.40. The molecule has 2 aromatic carbocycles. The number of unbranched alkanes of at least 4 members (excludes halogenated alkanes) is 8. The van der Waals surface area contributed by atoms with Crippen molar-refractivity contribution in [2.75, 3.05) is 0 Å². The second-order valence-electron chi connectivity index (χ2n) is 8.15. The zero-order valence-electron chi connectivity index (χ0n) is 19.0. The summed E-state index contributed by atoms with van der Waals surface area (Å²) in [4.78, 5) is 22.3. The number of ether oxygens (including phenoxy) is 1. The molecule has 5 heteroatoms. The minimum absolute atomic E-state index is 0.756. The first-order chi connectivity index (χ1) is 15.1. The van der Waals surface area contributed by atoms with E-state index in [0.29, 0.717) is 0 Å². The second-order valence-corrected chi connectivity index (χ2v) is 8.81. The van der Waals surface area contributed by atoms with Crippen molar-refractivity contribution in [3.05, 3.63) is 71.8 Å². The van der Waals surface area contributed by atoms with Gasteiger partial charge in [0, 0.05) is 0 Å². The summed E-state index contributed by atoms with van der Waals surface area (Å²) < 4.78 is 11.4. The van der Waals surface area contributed by atoms with Gasteiger partial charge in [0.1, 0.15) is 5.60 Å². The predicted octanol–water partition coefficient (Wildman–Crippen LogP) is 6.18. The lowest BCUT2D eigenvalue weighted by atomic mass is 9.81. The molecule has 2 aromatic rings. The lowest BCUT2D eigenvalue weighted by Crippen LogP contribution is -2.36. The summed E-state index contributed by atoms with van der Waals surface area (Å²) in [5.74, 6) is 0. The van der Waals surface area contributed by atoms with E-state index in [1.165, 1.54) is 44.9 Å². The molecule has 0 fully saturated rings. The van der Waals surface area contributed by atoms with Crippen LogP contribution in [-0.4, -0.2) is 6.29 Å². The second kappa shape index (κ2) is 14.7. The Morgan fingerprint density at radius 1 is 0.742 bits per heavy atom. The molecular weight excluding hydrogens is 407 g/mol. The topological polar surface area (TPSA) is 64.6 Å².